The highest BCUT2D eigenvalue weighted by atomic mass is 16.6. The molecule has 0 aliphatic carbocycles. The number of carbonyl (C=O) groups excluding carboxylic acids is 1. The van der Waals surface area contributed by atoms with E-state index in [0.29, 0.717) is 12.2 Å². The van der Waals surface area contributed by atoms with Gasteiger partial charge in [0.2, 0.25) is 0 Å². The van der Waals surface area contributed by atoms with Crippen molar-refractivity contribution in [1.29, 1.82) is 0 Å². The van der Waals surface area contributed by atoms with Crippen LogP contribution < -0.4 is 10.6 Å². The Balaban J connectivity index is 1.92. The lowest BCUT2D eigenvalue weighted by Crippen LogP contribution is -2.35. The molecule has 1 saturated heterocycles. The van der Waals surface area contributed by atoms with Crippen molar-refractivity contribution in [2.75, 3.05) is 18.5 Å². The van der Waals surface area contributed by atoms with Crippen LogP contribution in [-0.2, 0) is 4.74 Å². The number of nitrogens with one attached hydrogen (secondary N) is 2. The van der Waals surface area contributed by atoms with Gasteiger partial charge >= 0.3 is 6.03 Å². The van der Waals surface area contributed by atoms with Gasteiger partial charge < -0.3 is 15.4 Å². The van der Waals surface area contributed by atoms with E-state index in [9.17, 15) is 14.9 Å². The number of amides is 2. The van der Waals surface area contributed by atoms with Crippen LogP contribution in [0, 0.1) is 17.0 Å². The Morgan fingerprint density at radius 2 is 2.35 bits per heavy atom. The monoisotopic (exact) mass is 279 g/mol. The average Bonchev–Trinajstić information content (AvgIpc) is 2.92. The van der Waals surface area contributed by atoms with Crippen molar-refractivity contribution < 1.29 is 14.5 Å². The second kappa shape index (κ2) is 6.33. The molecule has 1 aliphatic rings. The molecule has 2 rings (SSSR count). The van der Waals surface area contributed by atoms with Crippen molar-refractivity contribution in [3.63, 3.8) is 0 Å². The van der Waals surface area contributed by atoms with Crippen LogP contribution >= 0.6 is 0 Å². The third-order valence-electron chi connectivity index (χ3n) is 3.19. The number of anilines is 1. The Bertz CT molecular complexity index is 512. The zero-order valence-electron chi connectivity index (χ0n) is 11.2. The molecule has 1 atom stereocenters. The van der Waals surface area contributed by atoms with Crippen LogP contribution in [0.1, 0.15) is 18.4 Å². The van der Waals surface area contributed by atoms with Crippen molar-refractivity contribution >= 4 is 17.4 Å². The largest absolute Gasteiger partial charge is 0.376 e. The van der Waals surface area contributed by atoms with E-state index < -0.39 is 4.92 Å². The summed E-state index contributed by atoms with van der Waals surface area (Å²) in [5.41, 5.74) is 1.15. The van der Waals surface area contributed by atoms with Crippen LogP contribution in [0.15, 0.2) is 18.2 Å². The minimum atomic E-state index is -0.491. The van der Waals surface area contributed by atoms with Gasteiger partial charge in [0, 0.05) is 25.3 Å². The number of ether oxygens (including phenoxy) is 1. The van der Waals surface area contributed by atoms with Crippen LogP contribution in [0.5, 0.6) is 0 Å². The fraction of sp³-hybridized carbons (Fsp3) is 0.462. The maximum Gasteiger partial charge on any atom is 0.319 e. The number of hydrogen-bond acceptors (Lipinski definition) is 4. The van der Waals surface area contributed by atoms with Gasteiger partial charge in [-0.1, -0.05) is 6.07 Å². The van der Waals surface area contributed by atoms with Crippen molar-refractivity contribution in [3.05, 3.63) is 33.9 Å². The molecule has 0 bridgehead atoms. The lowest BCUT2D eigenvalue weighted by molar-refractivity contribution is -0.384. The molecular weight excluding hydrogens is 262 g/mol. The molecule has 0 unspecified atom stereocenters. The van der Waals surface area contributed by atoms with Crippen LogP contribution in [0.25, 0.3) is 0 Å². The second-order valence-electron chi connectivity index (χ2n) is 4.73. The lowest BCUT2D eigenvalue weighted by atomic mass is 10.2. The van der Waals surface area contributed by atoms with Crippen LogP contribution in [0.4, 0.5) is 16.2 Å². The predicted molar refractivity (Wildman–Crippen MR) is 73.8 cm³/mol. The van der Waals surface area contributed by atoms with Gasteiger partial charge in [0.15, 0.2) is 0 Å². The summed E-state index contributed by atoms with van der Waals surface area (Å²) in [5, 5.41) is 16.0. The molecule has 2 N–H and O–H groups in total. The summed E-state index contributed by atoms with van der Waals surface area (Å²) in [6, 6.07) is 3.98. The predicted octanol–water partition coefficient (Wildman–Crippen LogP) is 2.20. The highest BCUT2D eigenvalue weighted by Crippen LogP contribution is 2.21. The van der Waals surface area contributed by atoms with Gasteiger partial charge in [-0.25, -0.2) is 4.79 Å². The van der Waals surface area contributed by atoms with E-state index >= 15 is 0 Å². The minimum Gasteiger partial charge on any atom is -0.376 e. The van der Waals surface area contributed by atoms with Gasteiger partial charge in [0.05, 0.1) is 16.7 Å². The van der Waals surface area contributed by atoms with Gasteiger partial charge in [-0.2, -0.15) is 0 Å². The van der Waals surface area contributed by atoms with Crippen molar-refractivity contribution in [3.8, 4) is 0 Å². The molecule has 20 heavy (non-hydrogen) atoms. The quantitative estimate of drug-likeness (QED) is 0.652. The number of urea groups is 1. The zero-order valence-corrected chi connectivity index (χ0v) is 11.2. The normalized spacial score (nSPS) is 17.8. The van der Waals surface area contributed by atoms with E-state index in [1.165, 1.54) is 12.1 Å². The summed E-state index contributed by atoms with van der Waals surface area (Å²) >= 11 is 0. The SMILES string of the molecule is Cc1ccc([N+](=O)[O-])cc1NC(=O)NC[C@@H]1CCCO1. The molecule has 0 radical (unpaired) electrons. The third kappa shape index (κ3) is 3.67. The summed E-state index contributed by atoms with van der Waals surface area (Å²) < 4.78 is 5.40. The highest BCUT2D eigenvalue weighted by Gasteiger charge is 2.16. The second-order valence-corrected chi connectivity index (χ2v) is 4.73. The molecule has 1 fully saturated rings. The Hall–Kier alpha value is -2.15. The van der Waals surface area contributed by atoms with Crippen LogP contribution in [0.2, 0.25) is 0 Å². The summed E-state index contributed by atoms with van der Waals surface area (Å²) in [6.07, 6.45) is 2.01. The molecule has 7 nitrogen and oxygen atoms in total. The number of nitrogens with zero attached hydrogens (tertiary/aromatic N) is 1. The number of hydrogen-bond donors (Lipinski definition) is 2. The Kier molecular flexibility index (Phi) is 4.52. The minimum absolute atomic E-state index is 0.0509. The van der Waals surface area contributed by atoms with Crippen molar-refractivity contribution in [1.82, 2.24) is 5.32 Å². The first kappa shape index (κ1) is 14.3. The van der Waals surface area contributed by atoms with E-state index in [4.69, 9.17) is 4.74 Å². The molecule has 2 amide bonds. The number of non-ortho nitro benzene ring substituents is 1. The van der Waals surface area contributed by atoms with E-state index in [1.807, 2.05) is 0 Å². The van der Waals surface area contributed by atoms with Gasteiger partial charge in [0.25, 0.3) is 5.69 Å². The van der Waals surface area contributed by atoms with Crippen molar-refractivity contribution in [2.45, 2.75) is 25.9 Å². The van der Waals surface area contributed by atoms with E-state index in [-0.39, 0.29) is 17.8 Å². The number of rotatable bonds is 4. The van der Waals surface area contributed by atoms with E-state index in [1.54, 1.807) is 13.0 Å². The topological polar surface area (TPSA) is 93.5 Å². The Labute approximate surface area is 116 Å². The van der Waals surface area contributed by atoms with Gasteiger partial charge in [-0.3, -0.25) is 10.1 Å². The molecule has 0 saturated carbocycles. The first-order valence-corrected chi connectivity index (χ1v) is 6.48. The van der Waals surface area contributed by atoms with Crippen LogP contribution in [0.3, 0.4) is 0 Å². The molecule has 1 aromatic carbocycles. The molecule has 108 valence electrons. The van der Waals surface area contributed by atoms with Crippen molar-refractivity contribution in [2.24, 2.45) is 0 Å². The third-order valence-corrected chi connectivity index (χ3v) is 3.19. The Morgan fingerprint density at radius 1 is 1.55 bits per heavy atom. The summed E-state index contributed by atoms with van der Waals surface area (Å²) in [7, 11) is 0. The Morgan fingerprint density at radius 3 is 3.00 bits per heavy atom. The molecule has 1 aliphatic heterocycles. The first-order chi connectivity index (χ1) is 9.56. The van der Waals surface area contributed by atoms with E-state index in [2.05, 4.69) is 10.6 Å². The first-order valence-electron chi connectivity index (χ1n) is 6.48. The number of benzene rings is 1. The molecule has 1 aromatic rings. The lowest BCUT2D eigenvalue weighted by Gasteiger charge is -2.12. The van der Waals surface area contributed by atoms with Gasteiger partial charge in [-0.05, 0) is 25.3 Å². The van der Waals surface area contributed by atoms with E-state index in [0.717, 1.165) is 25.0 Å². The molecule has 7 heteroatoms. The zero-order chi connectivity index (χ0) is 14.5. The van der Waals surface area contributed by atoms with Crippen LogP contribution in [-0.4, -0.2) is 30.2 Å². The summed E-state index contributed by atoms with van der Waals surface area (Å²) in [6.45, 7) is 2.96. The number of nitro groups is 1. The summed E-state index contributed by atoms with van der Waals surface area (Å²) in [4.78, 5) is 22.0. The maximum absolute atomic E-state index is 11.8. The molecule has 1 heterocycles. The number of aryl methyl sites for hydroxylation is 1. The smallest absolute Gasteiger partial charge is 0.319 e. The highest BCUT2D eigenvalue weighted by molar-refractivity contribution is 5.90. The van der Waals surface area contributed by atoms with Gasteiger partial charge in [-0.15, -0.1) is 0 Å². The molecule has 0 aromatic heterocycles. The number of carbonyl (C=O) groups is 1. The fourth-order valence-electron chi connectivity index (χ4n) is 2.04. The number of nitro benzene ring substituents is 1. The standard InChI is InChI=1S/C13H17N3O4/c1-9-4-5-10(16(18)19)7-12(9)15-13(17)14-8-11-3-2-6-20-11/h4-5,7,11H,2-3,6,8H2,1H3,(H2,14,15,17)/t11-/m0/s1. The maximum atomic E-state index is 11.8. The summed E-state index contributed by atoms with van der Waals surface area (Å²) in [5.74, 6) is 0. The average molecular weight is 279 g/mol. The van der Waals surface area contributed by atoms with Gasteiger partial charge in [0.1, 0.15) is 0 Å². The molecular formula is C13H17N3O4. The fourth-order valence-corrected chi connectivity index (χ4v) is 2.04. The molecule has 0 spiro atoms.